The Hall–Kier alpha value is -1.93. The lowest BCUT2D eigenvalue weighted by atomic mass is 10.1. The Balaban J connectivity index is 2.08. The van der Waals surface area contributed by atoms with Gasteiger partial charge in [-0.15, -0.1) is 0 Å². The second-order valence-electron chi connectivity index (χ2n) is 5.90. The van der Waals surface area contributed by atoms with Crippen LogP contribution >= 0.6 is 0 Å². The van der Waals surface area contributed by atoms with E-state index in [1.165, 1.54) is 4.90 Å². The first-order valence-electron chi connectivity index (χ1n) is 7.27. The molecule has 126 valence electrons. The van der Waals surface area contributed by atoms with Gasteiger partial charge in [0, 0.05) is 24.6 Å². The zero-order valence-corrected chi connectivity index (χ0v) is 13.9. The van der Waals surface area contributed by atoms with Crippen LogP contribution in [0.15, 0.2) is 24.3 Å². The van der Waals surface area contributed by atoms with Crippen molar-refractivity contribution >= 4 is 27.6 Å². The van der Waals surface area contributed by atoms with Crippen LogP contribution in [0, 0.1) is 5.92 Å². The number of carbonyl (C=O) groups is 2. The molecule has 0 aliphatic carbocycles. The van der Waals surface area contributed by atoms with Crippen LogP contribution in [0.2, 0.25) is 0 Å². The van der Waals surface area contributed by atoms with Crippen LogP contribution in [0.25, 0.3) is 0 Å². The summed E-state index contributed by atoms with van der Waals surface area (Å²) in [5.41, 5.74) is 1.02. The van der Waals surface area contributed by atoms with Crippen LogP contribution in [0.1, 0.15) is 30.6 Å². The van der Waals surface area contributed by atoms with Crippen LogP contribution in [0.3, 0.4) is 0 Å². The Morgan fingerprint density at radius 1 is 1.35 bits per heavy atom. The van der Waals surface area contributed by atoms with Crippen LogP contribution < -0.4 is 10.0 Å². The molecule has 1 unspecified atom stereocenters. The summed E-state index contributed by atoms with van der Waals surface area (Å²) in [5.74, 6) is -1.11. The Kier molecular flexibility index (Phi) is 5.06. The first-order chi connectivity index (χ1) is 10.7. The van der Waals surface area contributed by atoms with Crippen molar-refractivity contribution in [1.82, 2.24) is 0 Å². The van der Waals surface area contributed by atoms with E-state index >= 15 is 0 Å². The van der Waals surface area contributed by atoms with Crippen molar-refractivity contribution in [1.29, 1.82) is 0 Å². The molecule has 2 rings (SSSR count). The second-order valence-corrected chi connectivity index (χ2v) is 7.56. The molecule has 1 saturated heterocycles. The molecule has 1 atom stereocenters. The van der Waals surface area contributed by atoms with Crippen molar-refractivity contribution in [2.45, 2.75) is 26.4 Å². The predicted octanol–water partition coefficient (Wildman–Crippen LogP) is 0.893. The van der Waals surface area contributed by atoms with Gasteiger partial charge >= 0.3 is 5.97 Å². The van der Waals surface area contributed by atoms with Gasteiger partial charge in [0.15, 0.2) is 0 Å². The van der Waals surface area contributed by atoms with E-state index in [1.54, 1.807) is 38.1 Å². The number of nitrogens with zero attached hydrogens (tertiary/aromatic N) is 1. The fourth-order valence-corrected chi connectivity index (χ4v) is 3.41. The van der Waals surface area contributed by atoms with Gasteiger partial charge in [0.25, 0.3) is 0 Å². The van der Waals surface area contributed by atoms with Crippen molar-refractivity contribution in [3.63, 3.8) is 0 Å². The summed E-state index contributed by atoms with van der Waals surface area (Å²) in [6.07, 6.45) is -0.0607. The number of primary sulfonamides is 1. The van der Waals surface area contributed by atoms with Gasteiger partial charge in [0.2, 0.25) is 15.9 Å². The Labute approximate surface area is 135 Å². The van der Waals surface area contributed by atoms with Gasteiger partial charge in [-0.05, 0) is 38.1 Å². The number of amides is 1. The largest absolute Gasteiger partial charge is 0.459 e. The fourth-order valence-electron chi connectivity index (χ4n) is 2.53. The summed E-state index contributed by atoms with van der Waals surface area (Å²) in [5, 5.41) is 5.03. The van der Waals surface area contributed by atoms with E-state index in [9.17, 15) is 18.0 Å². The lowest BCUT2D eigenvalue weighted by Gasteiger charge is -2.17. The standard InChI is InChI=1S/C15H20N2O5S/c1-10(2)22-15(19)12-3-5-13(6-4-12)17-8-11(7-14(17)18)9-23(16,20)21/h3-6,10-11H,7-9H2,1-2H3,(H2,16,20,21). The van der Waals surface area contributed by atoms with Crippen molar-refractivity contribution in [3.05, 3.63) is 29.8 Å². The zero-order valence-electron chi connectivity index (χ0n) is 13.1. The molecular formula is C15H20N2O5S. The number of esters is 1. The van der Waals surface area contributed by atoms with E-state index in [4.69, 9.17) is 9.88 Å². The first kappa shape index (κ1) is 17.4. The molecule has 8 heteroatoms. The van der Waals surface area contributed by atoms with E-state index in [2.05, 4.69) is 0 Å². The summed E-state index contributed by atoms with van der Waals surface area (Å²) in [7, 11) is -3.61. The van der Waals surface area contributed by atoms with Gasteiger partial charge in [-0.2, -0.15) is 0 Å². The molecule has 1 heterocycles. The van der Waals surface area contributed by atoms with Crippen molar-refractivity contribution in [2.75, 3.05) is 17.2 Å². The maximum atomic E-state index is 12.0. The molecule has 1 aromatic rings. The van der Waals surface area contributed by atoms with Gasteiger partial charge in [-0.25, -0.2) is 18.4 Å². The number of carbonyl (C=O) groups excluding carboxylic acids is 2. The molecule has 1 aromatic carbocycles. The van der Waals surface area contributed by atoms with Gasteiger partial charge in [-0.1, -0.05) is 0 Å². The second kappa shape index (κ2) is 6.67. The van der Waals surface area contributed by atoms with Crippen LogP contribution in [0.5, 0.6) is 0 Å². The number of hydrogen-bond acceptors (Lipinski definition) is 5. The molecule has 1 amide bonds. The molecule has 0 spiro atoms. The van der Waals surface area contributed by atoms with E-state index in [-0.39, 0.29) is 30.1 Å². The summed E-state index contributed by atoms with van der Waals surface area (Å²) in [6, 6.07) is 6.46. The Morgan fingerprint density at radius 3 is 2.48 bits per heavy atom. The number of hydrogen-bond donors (Lipinski definition) is 1. The van der Waals surface area contributed by atoms with Crippen molar-refractivity contribution < 1.29 is 22.7 Å². The normalized spacial score (nSPS) is 18.5. The highest BCUT2D eigenvalue weighted by Crippen LogP contribution is 2.26. The van der Waals surface area contributed by atoms with Gasteiger partial charge in [-0.3, -0.25) is 4.79 Å². The zero-order chi connectivity index (χ0) is 17.2. The average Bonchev–Trinajstić information content (AvgIpc) is 2.76. The molecular weight excluding hydrogens is 320 g/mol. The number of ether oxygens (including phenoxy) is 1. The fraction of sp³-hybridized carbons (Fsp3) is 0.467. The summed E-state index contributed by atoms with van der Waals surface area (Å²) < 4.78 is 27.4. The number of rotatable bonds is 5. The molecule has 1 aliphatic rings. The molecule has 0 radical (unpaired) electrons. The number of sulfonamides is 1. The summed E-state index contributed by atoms with van der Waals surface area (Å²) >= 11 is 0. The molecule has 1 aliphatic heterocycles. The monoisotopic (exact) mass is 340 g/mol. The van der Waals surface area contributed by atoms with Gasteiger partial charge in [0.1, 0.15) is 0 Å². The van der Waals surface area contributed by atoms with Crippen LogP contribution in [-0.4, -0.2) is 38.7 Å². The molecule has 7 nitrogen and oxygen atoms in total. The highest BCUT2D eigenvalue weighted by atomic mass is 32.2. The van der Waals surface area contributed by atoms with Crippen molar-refractivity contribution in [2.24, 2.45) is 11.1 Å². The molecule has 23 heavy (non-hydrogen) atoms. The third kappa shape index (κ3) is 4.77. The van der Waals surface area contributed by atoms with Crippen LogP contribution in [-0.2, 0) is 19.6 Å². The minimum Gasteiger partial charge on any atom is -0.459 e. The SMILES string of the molecule is CC(C)OC(=O)c1ccc(N2CC(CS(N)(=O)=O)CC2=O)cc1. The maximum absolute atomic E-state index is 12.0. The minimum absolute atomic E-state index is 0.146. The average molecular weight is 340 g/mol. The molecule has 2 N–H and O–H groups in total. The molecule has 1 fully saturated rings. The number of benzene rings is 1. The summed E-state index contributed by atoms with van der Waals surface area (Å²) in [6.45, 7) is 3.83. The Morgan fingerprint density at radius 2 is 1.96 bits per heavy atom. The lowest BCUT2D eigenvalue weighted by molar-refractivity contribution is -0.117. The molecule has 0 saturated carbocycles. The lowest BCUT2D eigenvalue weighted by Crippen LogP contribution is -2.27. The first-order valence-corrected chi connectivity index (χ1v) is 8.99. The smallest absolute Gasteiger partial charge is 0.338 e. The topological polar surface area (TPSA) is 107 Å². The van der Waals surface area contributed by atoms with Gasteiger partial charge < -0.3 is 9.64 Å². The number of nitrogens with two attached hydrogens (primary N) is 1. The third-order valence-electron chi connectivity index (χ3n) is 3.43. The maximum Gasteiger partial charge on any atom is 0.338 e. The quantitative estimate of drug-likeness (QED) is 0.801. The van der Waals surface area contributed by atoms with Gasteiger partial charge in [0.05, 0.1) is 17.4 Å². The Bertz CT molecular complexity index is 697. The highest BCUT2D eigenvalue weighted by Gasteiger charge is 2.32. The van der Waals surface area contributed by atoms with Crippen LogP contribution in [0.4, 0.5) is 5.69 Å². The van der Waals surface area contributed by atoms with E-state index in [0.717, 1.165) is 0 Å². The minimum atomic E-state index is -3.61. The van der Waals surface area contributed by atoms with E-state index in [0.29, 0.717) is 17.8 Å². The highest BCUT2D eigenvalue weighted by molar-refractivity contribution is 7.89. The molecule has 0 bridgehead atoms. The third-order valence-corrected chi connectivity index (χ3v) is 4.37. The van der Waals surface area contributed by atoms with E-state index in [1.807, 2.05) is 0 Å². The molecule has 0 aromatic heterocycles. The van der Waals surface area contributed by atoms with E-state index < -0.39 is 16.0 Å². The van der Waals surface area contributed by atoms with Crippen molar-refractivity contribution in [3.8, 4) is 0 Å². The predicted molar refractivity (Wildman–Crippen MR) is 85.4 cm³/mol. The summed E-state index contributed by atoms with van der Waals surface area (Å²) in [4.78, 5) is 25.3. The number of anilines is 1.